The first-order valence-corrected chi connectivity index (χ1v) is 41.6. The van der Waals surface area contributed by atoms with Gasteiger partial charge in [0.25, 0.3) is 11.1 Å². The number of anilines is 3. The van der Waals surface area contributed by atoms with Gasteiger partial charge in [0.2, 0.25) is 9.23 Å². The summed E-state index contributed by atoms with van der Waals surface area (Å²) in [5, 5.41) is 22.0. The Hall–Kier alpha value is -7.92. The van der Waals surface area contributed by atoms with Crippen molar-refractivity contribution in [1.29, 1.82) is 0 Å². The van der Waals surface area contributed by atoms with Crippen LogP contribution < -0.4 is 27.0 Å². The van der Waals surface area contributed by atoms with Crippen molar-refractivity contribution in [2.75, 3.05) is 127 Å². The minimum absolute atomic E-state index is 0.102. The zero-order chi connectivity index (χ0) is 79.0. The Bertz CT molecular complexity index is 3860. The van der Waals surface area contributed by atoms with Gasteiger partial charge in [-0.25, -0.2) is 32.7 Å². The van der Waals surface area contributed by atoms with Crippen LogP contribution in [0.2, 0.25) is 0 Å². The minimum atomic E-state index is -1.67. The number of nitrogens with zero attached hydrogens (tertiary/aromatic N) is 9. The number of ether oxygens (including phenoxy) is 2. The van der Waals surface area contributed by atoms with Gasteiger partial charge in [-0.05, 0) is 158 Å². The average molecular weight is 1600 g/mol. The summed E-state index contributed by atoms with van der Waals surface area (Å²) >= 11 is 5.61. The smallest absolute Gasteiger partial charge is 0.339 e. The van der Waals surface area contributed by atoms with Crippen LogP contribution in [0.3, 0.4) is 0 Å². The number of likely N-dealkylation sites (tertiary alicyclic amines) is 3. The highest BCUT2D eigenvalue weighted by atomic mass is 36.0. The molecule has 598 valence electrons. The Kier molecular flexibility index (Phi) is 39.6. The molecule has 0 spiro atoms. The predicted octanol–water partition coefficient (Wildman–Crippen LogP) is 13.7. The third-order valence-corrected chi connectivity index (χ3v) is 20.0. The molecule has 2 atom stereocenters. The summed E-state index contributed by atoms with van der Waals surface area (Å²) in [5.41, 5.74) is 13.0. The van der Waals surface area contributed by atoms with Crippen LogP contribution in [0.4, 0.5) is 26.2 Å². The van der Waals surface area contributed by atoms with Crippen LogP contribution in [0.1, 0.15) is 118 Å². The Balaban J connectivity index is 0.000000185. The van der Waals surface area contributed by atoms with E-state index in [2.05, 4.69) is 181 Å². The fourth-order valence-electron chi connectivity index (χ4n) is 13.7. The highest BCUT2D eigenvalue weighted by Crippen LogP contribution is 2.25. The molecule has 27 heteroatoms. The molecular weight excluding hydrogens is 1490 g/mol. The number of nitrogens with two attached hydrogens (primary N) is 1. The van der Waals surface area contributed by atoms with E-state index in [9.17, 15) is 28.3 Å². The molecule has 7 N–H and O–H groups in total. The van der Waals surface area contributed by atoms with Crippen molar-refractivity contribution in [3.05, 3.63) is 251 Å². The van der Waals surface area contributed by atoms with Crippen LogP contribution in [-0.2, 0) is 51.4 Å². The molecule has 111 heavy (non-hydrogen) atoms. The number of hydrogen-bond acceptors (Lipinski definition) is 19. The topological polar surface area (TPSA) is 239 Å². The van der Waals surface area contributed by atoms with Gasteiger partial charge < -0.3 is 46.5 Å². The van der Waals surface area contributed by atoms with E-state index in [0.717, 1.165) is 148 Å². The number of carbonyl (C=O) groups excluding carboxylic acids is 2. The summed E-state index contributed by atoms with van der Waals surface area (Å²) in [6.45, 7) is 26.3. The second-order valence-corrected chi connectivity index (χ2v) is 30.6. The number of carbonyl (C=O) groups is 3. The summed E-state index contributed by atoms with van der Waals surface area (Å²) in [6, 6.07) is 56.0. The number of pyridine rings is 3. The minimum Gasteiger partial charge on any atom is -0.478 e. The van der Waals surface area contributed by atoms with Gasteiger partial charge in [0.15, 0.2) is 0 Å². The number of benzene rings is 5. The quantitative estimate of drug-likeness (QED) is 0.0292. The molecule has 5 aliphatic rings. The Morgan fingerprint density at radius 2 is 0.802 bits per heavy atom. The van der Waals surface area contributed by atoms with E-state index in [4.69, 9.17) is 31.0 Å². The number of carboxylic acids is 1. The first-order chi connectivity index (χ1) is 53.9. The number of carboxylic acid groups (broad SMARTS) is 1. The lowest BCUT2D eigenvalue weighted by molar-refractivity contribution is -0.0292. The molecule has 13 rings (SSSR count). The van der Waals surface area contributed by atoms with Crippen molar-refractivity contribution < 1.29 is 42.0 Å². The predicted molar refractivity (Wildman–Crippen MR) is 442 cm³/mol. The molecule has 8 aromatic rings. The number of hydrogen-bond donors (Lipinski definition) is 6. The van der Waals surface area contributed by atoms with Crippen LogP contribution in [-0.4, -0.2) is 213 Å². The van der Waals surface area contributed by atoms with Crippen LogP contribution in [0.5, 0.6) is 0 Å². The summed E-state index contributed by atoms with van der Waals surface area (Å²) < 4.78 is 46.4. The molecule has 0 aliphatic carbocycles. The first-order valence-electron chi connectivity index (χ1n) is 38.4. The molecule has 5 aromatic carbocycles. The standard InChI is InChI=1S/C30H36FN5O2.C18H20ClN3O.C18H21N3O2.C12H17FN2O.C6H15N.Cl2OS/c31-25-10-8-24(9-11-25)21-36-17-18-38-27(22-36)19-33-30(37)28-7-4-14-32-29(28)34-26-12-15-35(16-13-26)20-23-5-2-1-3-6-23;19-17(23)16-7-4-10-20-18(16)21-15-8-11-22(12-9-15)13-14-5-2-1-3-6-14;22-18(23)16-7-4-10-19-17(16)20-15-8-11-21(12-9-15)13-14-5-2-1-3-6-14;13-11-3-1-10(2-4-11)8-15-5-6-16-12(7-14)9-15;1-4-7(5-2)6-3;1-4(2)3/h1-11,14,26-27H,12-13,15-22H2,(H,32,34)(H,33,37);1-7,10,15H,8-9,11-13H2,(H,20,21);1-7,10,15H,8-9,11-13H2,(H,19,20)(H,22,23);1-4,12H,5-9,14H2;4-6H2,1-3H3;. The van der Waals surface area contributed by atoms with Gasteiger partial charge in [0, 0.05) is 169 Å². The molecule has 5 aliphatic heterocycles. The zero-order valence-electron chi connectivity index (χ0n) is 64.0. The fourth-order valence-corrected chi connectivity index (χ4v) is 13.8. The van der Waals surface area contributed by atoms with Crippen molar-refractivity contribution in [1.82, 2.24) is 49.7 Å². The van der Waals surface area contributed by atoms with Gasteiger partial charge in [-0.3, -0.25) is 34.1 Å². The summed E-state index contributed by atoms with van der Waals surface area (Å²) in [5.74, 6) is 0.188. The van der Waals surface area contributed by atoms with Gasteiger partial charge in [-0.15, -0.1) is 0 Å². The Morgan fingerprint density at radius 3 is 1.15 bits per heavy atom. The van der Waals surface area contributed by atoms with E-state index in [1.54, 1.807) is 48.9 Å². The molecule has 5 saturated heterocycles. The van der Waals surface area contributed by atoms with Gasteiger partial charge in [0.1, 0.15) is 34.7 Å². The SMILES string of the molecule is CCN(CC)CC.NCC1CN(Cc2ccc(F)cc2)CCO1.O=C(Cl)c1cccnc1NC1CCN(Cc2ccccc2)CC1.O=C(NCC1CN(Cc2ccc(F)cc2)CCO1)c1cccnc1NC1CCN(Cc2ccccc2)CC1.O=C(O)c1cccnc1NC1CCN(Cc2ccccc2)CC1.O=S(Cl)Cl. The highest BCUT2D eigenvalue weighted by Gasteiger charge is 2.27. The summed E-state index contributed by atoms with van der Waals surface area (Å²) in [4.78, 5) is 63.0. The van der Waals surface area contributed by atoms with E-state index < -0.39 is 20.4 Å². The van der Waals surface area contributed by atoms with Crippen LogP contribution in [0.25, 0.3) is 0 Å². The van der Waals surface area contributed by atoms with Crippen molar-refractivity contribution in [3.8, 4) is 0 Å². The lowest BCUT2D eigenvalue weighted by atomic mass is 10.0. The van der Waals surface area contributed by atoms with Crippen molar-refractivity contribution in [3.63, 3.8) is 0 Å². The van der Waals surface area contributed by atoms with Gasteiger partial charge >= 0.3 is 5.97 Å². The van der Waals surface area contributed by atoms with E-state index >= 15 is 0 Å². The number of aromatic nitrogens is 3. The van der Waals surface area contributed by atoms with Crippen LogP contribution in [0, 0.1) is 11.6 Å². The van der Waals surface area contributed by atoms with E-state index in [1.165, 1.54) is 60.6 Å². The van der Waals surface area contributed by atoms with Crippen molar-refractivity contribution in [2.45, 2.75) is 122 Å². The van der Waals surface area contributed by atoms with Crippen LogP contribution in [0.15, 0.2) is 195 Å². The lowest BCUT2D eigenvalue weighted by Crippen LogP contribution is -2.47. The van der Waals surface area contributed by atoms with Gasteiger partial charge in [0.05, 0.1) is 36.5 Å². The largest absolute Gasteiger partial charge is 0.478 e. The molecule has 0 bridgehead atoms. The molecule has 0 saturated carbocycles. The molecule has 1 amide bonds. The van der Waals surface area contributed by atoms with E-state index in [1.807, 2.05) is 48.5 Å². The maximum Gasteiger partial charge on any atom is 0.339 e. The zero-order valence-corrected chi connectivity index (χ0v) is 67.0. The second kappa shape index (κ2) is 49.6. The van der Waals surface area contributed by atoms with Gasteiger partial charge in [-0.2, -0.15) is 0 Å². The number of amides is 1. The number of aromatic carboxylic acids is 1. The number of halogens is 5. The van der Waals surface area contributed by atoms with E-state index in [0.29, 0.717) is 60.9 Å². The summed E-state index contributed by atoms with van der Waals surface area (Å²) in [6.07, 6.45) is 11.1. The second-order valence-electron chi connectivity index (χ2n) is 27.8. The molecule has 8 heterocycles. The summed E-state index contributed by atoms with van der Waals surface area (Å²) in [7, 11) is 7.36. The van der Waals surface area contributed by atoms with E-state index in [-0.39, 0.29) is 47.4 Å². The normalized spacial score (nSPS) is 17.5. The maximum atomic E-state index is 13.2. The monoisotopic (exact) mass is 1600 g/mol. The Labute approximate surface area is 670 Å². The number of nitrogens with one attached hydrogen (secondary N) is 4. The maximum absolute atomic E-state index is 13.2. The van der Waals surface area contributed by atoms with Crippen molar-refractivity contribution in [2.24, 2.45) is 5.73 Å². The molecule has 2 unspecified atom stereocenters. The molecule has 5 fully saturated rings. The Morgan fingerprint density at radius 1 is 0.477 bits per heavy atom. The third-order valence-electron chi connectivity index (χ3n) is 19.8. The van der Waals surface area contributed by atoms with Gasteiger partial charge in [-0.1, -0.05) is 136 Å². The molecule has 0 radical (unpaired) electrons. The van der Waals surface area contributed by atoms with Crippen molar-refractivity contribution >= 4 is 76.8 Å². The first kappa shape index (κ1) is 88.6. The molecule has 3 aromatic heterocycles. The number of rotatable bonds is 25. The fraction of sp³-hybridized carbons (Fsp3) is 0.429. The average Bonchev–Trinajstić information content (AvgIpc) is 0.845. The molecular formula is C84H109Cl3F2N14O7S. The van der Waals surface area contributed by atoms with Crippen LogP contribution >= 0.6 is 33.0 Å². The highest BCUT2D eigenvalue weighted by molar-refractivity contribution is 8.26. The molecule has 21 nitrogen and oxygen atoms in total. The third kappa shape index (κ3) is 33.0. The number of piperidine rings is 3. The lowest BCUT2D eigenvalue weighted by Gasteiger charge is -2.33. The number of morpholine rings is 2.